The number of hydrogen-bond acceptors (Lipinski definition) is 8. The smallest absolute Gasteiger partial charge is 0.342 e. The van der Waals surface area contributed by atoms with Gasteiger partial charge in [-0.2, -0.15) is 0 Å². The summed E-state index contributed by atoms with van der Waals surface area (Å²) in [6, 6.07) is 9.97. The van der Waals surface area contributed by atoms with Gasteiger partial charge in [0.25, 0.3) is 5.91 Å². The standard InChI is InChI=1S/C23H25N5O5S/c1-3-32-22(31)17-13(2)33-21(18(17)19(24)30)25-16(29)12-34-23-27-26-20(15-9-10-15)28(23)11-14-7-5-4-6-8-14/h4-8,15H,3,9-12H2,1-2H3,(H2,24,30)(H,25,29). The summed E-state index contributed by atoms with van der Waals surface area (Å²) in [6.45, 7) is 3.86. The molecule has 3 aromatic rings. The first-order valence-corrected chi connectivity index (χ1v) is 11.9. The molecule has 1 fully saturated rings. The zero-order valence-corrected chi connectivity index (χ0v) is 19.7. The average Bonchev–Trinajstić information content (AvgIpc) is 3.49. The Morgan fingerprint density at radius 2 is 1.94 bits per heavy atom. The monoisotopic (exact) mass is 483 g/mol. The van der Waals surface area contributed by atoms with Gasteiger partial charge in [0, 0.05) is 5.92 Å². The first-order chi connectivity index (χ1) is 16.4. The summed E-state index contributed by atoms with van der Waals surface area (Å²) < 4.78 is 12.5. The van der Waals surface area contributed by atoms with Crippen LogP contribution in [-0.2, 0) is 16.1 Å². The van der Waals surface area contributed by atoms with Crippen molar-refractivity contribution in [2.75, 3.05) is 17.7 Å². The van der Waals surface area contributed by atoms with Gasteiger partial charge in [-0.05, 0) is 32.3 Å². The molecule has 2 aromatic heterocycles. The zero-order chi connectivity index (χ0) is 24.2. The molecule has 34 heavy (non-hydrogen) atoms. The van der Waals surface area contributed by atoms with E-state index in [1.807, 2.05) is 34.9 Å². The number of aromatic nitrogens is 3. The Hall–Kier alpha value is -3.60. The Balaban J connectivity index is 1.48. The number of amides is 2. The topological polar surface area (TPSA) is 142 Å². The number of carbonyl (C=O) groups excluding carboxylic acids is 3. The summed E-state index contributed by atoms with van der Waals surface area (Å²) in [5, 5.41) is 11.8. The molecule has 4 rings (SSSR count). The third-order valence-corrected chi connectivity index (χ3v) is 6.23. The lowest BCUT2D eigenvalue weighted by molar-refractivity contribution is -0.113. The zero-order valence-electron chi connectivity index (χ0n) is 18.9. The molecule has 11 heteroatoms. The number of ether oxygens (including phenoxy) is 1. The Morgan fingerprint density at radius 1 is 1.21 bits per heavy atom. The third-order valence-electron chi connectivity index (χ3n) is 5.27. The number of rotatable bonds is 10. The van der Waals surface area contributed by atoms with Crippen LogP contribution in [0.3, 0.4) is 0 Å². The molecule has 0 saturated heterocycles. The number of nitrogens with zero attached hydrogens (tertiary/aromatic N) is 3. The van der Waals surface area contributed by atoms with Crippen molar-refractivity contribution in [3.8, 4) is 0 Å². The highest BCUT2D eigenvalue weighted by Gasteiger charge is 2.31. The Morgan fingerprint density at radius 3 is 2.59 bits per heavy atom. The maximum atomic E-state index is 12.7. The molecular weight excluding hydrogens is 458 g/mol. The molecule has 1 aliphatic rings. The average molecular weight is 484 g/mol. The first kappa shape index (κ1) is 23.6. The van der Waals surface area contributed by atoms with Crippen LogP contribution in [0.1, 0.15) is 63.5 Å². The summed E-state index contributed by atoms with van der Waals surface area (Å²) in [5.74, 6) is -0.833. The Labute approximate surface area is 200 Å². The number of furan rings is 1. The van der Waals surface area contributed by atoms with Crippen molar-refractivity contribution in [2.24, 2.45) is 5.73 Å². The number of esters is 1. The molecule has 2 heterocycles. The molecule has 178 valence electrons. The van der Waals surface area contributed by atoms with E-state index >= 15 is 0 Å². The normalized spacial score (nSPS) is 13.0. The van der Waals surface area contributed by atoms with Crippen LogP contribution in [0.4, 0.5) is 5.88 Å². The minimum absolute atomic E-state index is 0.00964. The quantitative estimate of drug-likeness (QED) is 0.331. The molecule has 10 nitrogen and oxygen atoms in total. The van der Waals surface area contributed by atoms with E-state index in [0.717, 1.165) is 24.2 Å². The molecular formula is C23H25N5O5S. The van der Waals surface area contributed by atoms with Gasteiger partial charge in [-0.1, -0.05) is 42.1 Å². The maximum absolute atomic E-state index is 12.7. The van der Waals surface area contributed by atoms with Crippen LogP contribution in [0.2, 0.25) is 0 Å². The van der Waals surface area contributed by atoms with E-state index in [4.69, 9.17) is 14.9 Å². The fourth-order valence-corrected chi connectivity index (χ4v) is 4.32. The highest BCUT2D eigenvalue weighted by Crippen LogP contribution is 2.40. The number of anilines is 1. The Bertz CT molecular complexity index is 1220. The van der Waals surface area contributed by atoms with Gasteiger partial charge in [-0.3, -0.25) is 14.9 Å². The number of primary amides is 1. The molecule has 0 unspecified atom stereocenters. The van der Waals surface area contributed by atoms with Crippen molar-refractivity contribution in [1.82, 2.24) is 14.8 Å². The third kappa shape index (κ3) is 5.14. The summed E-state index contributed by atoms with van der Waals surface area (Å²) >= 11 is 1.23. The maximum Gasteiger partial charge on any atom is 0.342 e. The number of aryl methyl sites for hydroxylation is 1. The van der Waals surface area contributed by atoms with Crippen LogP contribution in [0.5, 0.6) is 0 Å². The molecule has 0 aliphatic heterocycles. The van der Waals surface area contributed by atoms with E-state index in [-0.39, 0.29) is 35.1 Å². The van der Waals surface area contributed by atoms with Crippen molar-refractivity contribution in [3.05, 3.63) is 58.6 Å². The van der Waals surface area contributed by atoms with Gasteiger partial charge in [0.15, 0.2) is 5.16 Å². The molecule has 1 saturated carbocycles. The van der Waals surface area contributed by atoms with Crippen molar-refractivity contribution >= 4 is 35.4 Å². The number of thioether (sulfide) groups is 1. The van der Waals surface area contributed by atoms with E-state index in [2.05, 4.69) is 15.5 Å². The fraction of sp³-hybridized carbons (Fsp3) is 0.348. The van der Waals surface area contributed by atoms with Crippen LogP contribution in [0, 0.1) is 6.92 Å². The molecule has 3 N–H and O–H groups in total. The minimum atomic E-state index is -0.903. The molecule has 0 spiro atoms. The minimum Gasteiger partial charge on any atom is -0.462 e. The predicted molar refractivity (Wildman–Crippen MR) is 125 cm³/mol. The molecule has 1 aliphatic carbocycles. The number of nitrogens with one attached hydrogen (secondary N) is 1. The van der Waals surface area contributed by atoms with Gasteiger partial charge in [0.05, 0.1) is 18.9 Å². The second-order valence-corrected chi connectivity index (χ2v) is 8.79. The summed E-state index contributed by atoms with van der Waals surface area (Å²) in [7, 11) is 0. The molecule has 0 atom stereocenters. The van der Waals surface area contributed by atoms with Gasteiger partial charge in [0.2, 0.25) is 11.8 Å². The SMILES string of the molecule is CCOC(=O)c1c(C)oc(NC(=O)CSc2nnc(C3CC3)n2Cc2ccccc2)c1C(N)=O. The largest absolute Gasteiger partial charge is 0.462 e. The number of benzene rings is 1. The second kappa shape index (κ2) is 10.1. The van der Waals surface area contributed by atoms with Crippen molar-refractivity contribution in [2.45, 2.75) is 44.3 Å². The summed E-state index contributed by atoms with van der Waals surface area (Å²) in [5.41, 5.74) is 6.26. The van der Waals surface area contributed by atoms with Crippen molar-refractivity contribution < 1.29 is 23.5 Å². The van der Waals surface area contributed by atoms with Gasteiger partial charge in [0.1, 0.15) is 22.7 Å². The van der Waals surface area contributed by atoms with Crippen LogP contribution in [0.25, 0.3) is 0 Å². The van der Waals surface area contributed by atoms with Gasteiger partial charge >= 0.3 is 5.97 Å². The van der Waals surface area contributed by atoms with Crippen LogP contribution < -0.4 is 11.1 Å². The second-order valence-electron chi connectivity index (χ2n) is 7.85. The summed E-state index contributed by atoms with van der Waals surface area (Å²) in [6.07, 6.45) is 2.16. The van der Waals surface area contributed by atoms with Crippen LogP contribution in [-0.4, -0.2) is 44.9 Å². The molecule has 0 bridgehead atoms. The van der Waals surface area contributed by atoms with Gasteiger partial charge < -0.3 is 19.5 Å². The highest BCUT2D eigenvalue weighted by atomic mass is 32.2. The van der Waals surface area contributed by atoms with E-state index in [1.54, 1.807) is 6.92 Å². The van der Waals surface area contributed by atoms with E-state index in [0.29, 0.717) is 17.6 Å². The van der Waals surface area contributed by atoms with E-state index < -0.39 is 17.8 Å². The lowest BCUT2D eigenvalue weighted by Gasteiger charge is -2.10. The van der Waals surface area contributed by atoms with Crippen molar-refractivity contribution in [3.63, 3.8) is 0 Å². The van der Waals surface area contributed by atoms with Gasteiger partial charge in [-0.25, -0.2) is 4.79 Å². The van der Waals surface area contributed by atoms with Gasteiger partial charge in [-0.15, -0.1) is 10.2 Å². The molecule has 0 radical (unpaired) electrons. The van der Waals surface area contributed by atoms with Crippen LogP contribution >= 0.6 is 11.8 Å². The lowest BCUT2D eigenvalue weighted by Crippen LogP contribution is -2.21. The number of nitrogens with two attached hydrogens (primary N) is 1. The fourth-order valence-electron chi connectivity index (χ4n) is 3.57. The van der Waals surface area contributed by atoms with E-state index in [1.165, 1.54) is 18.7 Å². The highest BCUT2D eigenvalue weighted by molar-refractivity contribution is 7.99. The first-order valence-electron chi connectivity index (χ1n) is 10.9. The number of carbonyl (C=O) groups is 3. The Kier molecular flexibility index (Phi) is 7.01. The van der Waals surface area contributed by atoms with E-state index in [9.17, 15) is 14.4 Å². The summed E-state index contributed by atoms with van der Waals surface area (Å²) in [4.78, 5) is 36.9. The predicted octanol–water partition coefficient (Wildman–Crippen LogP) is 3.11. The number of hydrogen-bond donors (Lipinski definition) is 2. The van der Waals surface area contributed by atoms with Crippen LogP contribution in [0.15, 0.2) is 39.9 Å². The molecule has 1 aromatic carbocycles. The van der Waals surface area contributed by atoms with Crippen molar-refractivity contribution in [1.29, 1.82) is 0 Å². The molecule has 2 amide bonds. The lowest BCUT2D eigenvalue weighted by atomic mass is 10.1.